The summed E-state index contributed by atoms with van der Waals surface area (Å²) in [7, 11) is 2.98. The number of benzene rings is 2. The van der Waals surface area contributed by atoms with Crippen LogP contribution in [0.15, 0.2) is 36.4 Å². The van der Waals surface area contributed by atoms with Crippen molar-refractivity contribution in [1.82, 2.24) is 0 Å². The molecular formula is C15H14ClNO3. The third kappa shape index (κ3) is 2.56. The highest BCUT2D eigenvalue weighted by molar-refractivity contribution is 6.32. The van der Waals surface area contributed by atoms with Gasteiger partial charge in [-0.15, -0.1) is 0 Å². The lowest BCUT2D eigenvalue weighted by Gasteiger charge is -2.12. The summed E-state index contributed by atoms with van der Waals surface area (Å²) in [6, 6.07) is 9.95. The van der Waals surface area contributed by atoms with Gasteiger partial charge in [0.25, 0.3) is 0 Å². The van der Waals surface area contributed by atoms with Crippen molar-refractivity contribution >= 4 is 23.1 Å². The van der Waals surface area contributed by atoms with Crippen LogP contribution in [0.5, 0.6) is 11.5 Å². The average Bonchev–Trinajstić information content (AvgIpc) is 2.46. The van der Waals surface area contributed by atoms with Crippen molar-refractivity contribution in [3.05, 3.63) is 52.5 Å². The summed E-state index contributed by atoms with van der Waals surface area (Å²) in [4.78, 5) is 12.5. The topological polar surface area (TPSA) is 61.5 Å². The van der Waals surface area contributed by atoms with Gasteiger partial charge in [-0.05, 0) is 18.2 Å². The number of carbonyl (C=O) groups is 1. The number of hydrogen-bond acceptors (Lipinski definition) is 4. The maximum atomic E-state index is 12.5. The average molecular weight is 292 g/mol. The molecule has 0 saturated heterocycles. The lowest BCUT2D eigenvalue weighted by molar-refractivity contribution is 0.103. The van der Waals surface area contributed by atoms with E-state index in [2.05, 4.69) is 0 Å². The second-order valence-corrected chi connectivity index (χ2v) is 4.51. The summed E-state index contributed by atoms with van der Waals surface area (Å²) in [6.45, 7) is 0. The molecule has 0 aliphatic rings. The molecule has 0 radical (unpaired) electrons. The zero-order valence-corrected chi connectivity index (χ0v) is 11.9. The standard InChI is InChI=1S/C15H14ClNO3/c1-19-13-8-14(20-2)11(16)7-10(13)15(18)9-5-3-4-6-12(9)17/h3-8H,17H2,1-2H3. The van der Waals surface area contributed by atoms with Gasteiger partial charge in [0.2, 0.25) is 0 Å². The molecule has 5 heteroatoms. The smallest absolute Gasteiger partial charge is 0.198 e. The van der Waals surface area contributed by atoms with Gasteiger partial charge in [-0.2, -0.15) is 0 Å². The Hall–Kier alpha value is -2.20. The van der Waals surface area contributed by atoms with Crippen LogP contribution in [0.3, 0.4) is 0 Å². The van der Waals surface area contributed by atoms with Gasteiger partial charge in [-0.1, -0.05) is 23.7 Å². The Morgan fingerprint density at radius 2 is 1.70 bits per heavy atom. The van der Waals surface area contributed by atoms with Gasteiger partial charge in [0, 0.05) is 17.3 Å². The molecule has 0 spiro atoms. The van der Waals surface area contributed by atoms with Crippen LogP contribution >= 0.6 is 11.6 Å². The van der Waals surface area contributed by atoms with Crippen molar-refractivity contribution in [2.75, 3.05) is 20.0 Å². The summed E-state index contributed by atoms with van der Waals surface area (Å²) in [5, 5.41) is 0.339. The molecule has 0 aliphatic heterocycles. The summed E-state index contributed by atoms with van der Waals surface area (Å²) < 4.78 is 10.3. The van der Waals surface area contributed by atoms with Crippen LogP contribution in [0.4, 0.5) is 5.69 Å². The lowest BCUT2D eigenvalue weighted by atomic mass is 10.0. The van der Waals surface area contributed by atoms with E-state index in [-0.39, 0.29) is 5.78 Å². The van der Waals surface area contributed by atoms with Crippen LogP contribution in [-0.2, 0) is 0 Å². The van der Waals surface area contributed by atoms with Gasteiger partial charge in [0.1, 0.15) is 11.5 Å². The van der Waals surface area contributed by atoms with Gasteiger partial charge in [0.15, 0.2) is 5.78 Å². The molecule has 2 N–H and O–H groups in total. The molecule has 0 saturated carbocycles. The van der Waals surface area contributed by atoms with Crippen molar-refractivity contribution in [2.45, 2.75) is 0 Å². The van der Waals surface area contributed by atoms with E-state index in [9.17, 15) is 4.79 Å². The van der Waals surface area contributed by atoms with Crippen molar-refractivity contribution in [3.63, 3.8) is 0 Å². The van der Waals surface area contributed by atoms with E-state index in [1.54, 1.807) is 30.3 Å². The second-order valence-electron chi connectivity index (χ2n) is 4.10. The molecule has 2 aromatic carbocycles. The maximum absolute atomic E-state index is 12.5. The van der Waals surface area contributed by atoms with Gasteiger partial charge in [-0.25, -0.2) is 0 Å². The molecule has 0 aliphatic carbocycles. The quantitative estimate of drug-likeness (QED) is 0.694. The Balaban J connectivity index is 2.55. The van der Waals surface area contributed by atoms with Crippen LogP contribution in [0, 0.1) is 0 Å². The van der Waals surface area contributed by atoms with E-state index < -0.39 is 0 Å². The number of nitrogens with two attached hydrogens (primary N) is 1. The van der Waals surface area contributed by atoms with Crippen molar-refractivity contribution in [3.8, 4) is 11.5 Å². The summed E-state index contributed by atoms with van der Waals surface area (Å²) >= 11 is 6.07. The Kier molecular flexibility index (Phi) is 4.15. The zero-order chi connectivity index (χ0) is 14.7. The normalized spacial score (nSPS) is 10.2. The third-order valence-electron chi connectivity index (χ3n) is 2.92. The summed E-state index contributed by atoms with van der Waals surface area (Å²) in [5.74, 6) is 0.588. The molecule has 2 aromatic rings. The number of nitrogen functional groups attached to an aromatic ring is 1. The minimum atomic E-state index is -0.246. The highest BCUT2D eigenvalue weighted by atomic mass is 35.5. The molecule has 0 heterocycles. The fraction of sp³-hybridized carbons (Fsp3) is 0.133. The van der Waals surface area contributed by atoms with E-state index in [4.69, 9.17) is 26.8 Å². The molecule has 0 fully saturated rings. The maximum Gasteiger partial charge on any atom is 0.198 e. The summed E-state index contributed by atoms with van der Waals surface area (Å²) in [5.41, 5.74) is 6.99. The fourth-order valence-corrected chi connectivity index (χ4v) is 2.13. The largest absolute Gasteiger partial charge is 0.496 e. The van der Waals surface area contributed by atoms with Crippen molar-refractivity contribution in [1.29, 1.82) is 0 Å². The van der Waals surface area contributed by atoms with E-state index in [0.717, 1.165) is 0 Å². The van der Waals surface area contributed by atoms with E-state index in [1.807, 2.05) is 0 Å². The molecule has 104 valence electrons. The van der Waals surface area contributed by atoms with Crippen LogP contribution in [0.2, 0.25) is 5.02 Å². The Morgan fingerprint density at radius 3 is 2.30 bits per heavy atom. The van der Waals surface area contributed by atoms with Crippen LogP contribution in [0.1, 0.15) is 15.9 Å². The minimum absolute atomic E-state index is 0.246. The molecule has 0 bridgehead atoms. The SMILES string of the molecule is COc1cc(OC)c(C(=O)c2ccccc2N)cc1Cl. The highest BCUT2D eigenvalue weighted by Gasteiger charge is 2.19. The Morgan fingerprint density at radius 1 is 1.05 bits per heavy atom. The first-order chi connectivity index (χ1) is 9.58. The molecule has 0 atom stereocenters. The molecule has 0 aromatic heterocycles. The fourth-order valence-electron chi connectivity index (χ4n) is 1.89. The van der Waals surface area contributed by atoms with Crippen LogP contribution in [-0.4, -0.2) is 20.0 Å². The van der Waals surface area contributed by atoms with Crippen LogP contribution in [0.25, 0.3) is 0 Å². The molecule has 0 amide bonds. The number of para-hydroxylation sites is 1. The number of hydrogen-bond donors (Lipinski definition) is 1. The zero-order valence-electron chi connectivity index (χ0n) is 11.1. The first kappa shape index (κ1) is 14.2. The first-order valence-corrected chi connectivity index (χ1v) is 6.27. The Labute approximate surface area is 122 Å². The lowest BCUT2D eigenvalue weighted by Crippen LogP contribution is -2.07. The number of ketones is 1. The predicted molar refractivity (Wildman–Crippen MR) is 78.8 cm³/mol. The first-order valence-electron chi connectivity index (χ1n) is 5.89. The van der Waals surface area contributed by atoms with Gasteiger partial charge < -0.3 is 15.2 Å². The number of halogens is 1. The number of methoxy groups -OCH3 is 2. The Bertz CT molecular complexity index is 656. The minimum Gasteiger partial charge on any atom is -0.496 e. The molecule has 4 nitrogen and oxygen atoms in total. The third-order valence-corrected chi connectivity index (χ3v) is 3.22. The van der Waals surface area contributed by atoms with E-state index >= 15 is 0 Å². The monoisotopic (exact) mass is 291 g/mol. The molecular weight excluding hydrogens is 278 g/mol. The van der Waals surface area contributed by atoms with E-state index in [1.165, 1.54) is 20.3 Å². The molecule has 20 heavy (non-hydrogen) atoms. The number of carbonyl (C=O) groups excluding carboxylic acids is 1. The number of ether oxygens (including phenoxy) is 2. The van der Waals surface area contributed by atoms with Gasteiger partial charge >= 0.3 is 0 Å². The molecule has 0 unspecified atom stereocenters. The van der Waals surface area contributed by atoms with Gasteiger partial charge in [0.05, 0.1) is 24.8 Å². The predicted octanol–water partition coefficient (Wildman–Crippen LogP) is 3.17. The number of rotatable bonds is 4. The molecule has 2 rings (SSSR count). The number of anilines is 1. The van der Waals surface area contributed by atoms with Crippen molar-refractivity contribution in [2.24, 2.45) is 0 Å². The van der Waals surface area contributed by atoms with E-state index in [0.29, 0.717) is 33.3 Å². The van der Waals surface area contributed by atoms with Crippen molar-refractivity contribution < 1.29 is 14.3 Å². The summed E-state index contributed by atoms with van der Waals surface area (Å²) in [6.07, 6.45) is 0. The van der Waals surface area contributed by atoms with Crippen LogP contribution < -0.4 is 15.2 Å². The second kappa shape index (κ2) is 5.84. The van der Waals surface area contributed by atoms with Gasteiger partial charge in [-0.3, -0.25) is 4.79 Å². The highest BCUT2D eigenvalue weighted by Crippen LogP contribution is 2.34.